The van der Waals surface area contributed by atoms with Crippen LogP contribution < -0.4 is 5.32 Å². The number of carbonyl (C=O) groups excluding carboxylic acids is 1. The Kier molecular flexibility index (Phi) is 3.33. The van der Waals surface area contributed by atoms with Crippen LogP contribution in [-0.2, 0) is 16.0 Å². The Hall–Kier alpha value is -1.35. The molecule has 2 fully saturated rings. The van der Waals surface area contributed by atoms with Crippen LogP contribution in [-0.4, -0.2) is 24.7 Å². The third-order valence-corrected chi connectivity index (χ3v) is 3.66. The number of amides is 1. The van der Waals surface area contributed by atoms with Gasteiger partial charge in [-0.1, -0.05) is 30.3 Å². The summed E-state index contributed by atoms with van der Waals surface area (Å²) in [7, 11) is 0. The molecule has 0 bridgehead atoms. The highest BCUT2D eigenvalue weighted by Gasteiger charge is 2.44. The molecule has 2 unspecified atom stereocenters. The molecule has 1 amide bonds. The molecule has 2 atom stereocenters. The molecule has 1 aromatic carbocycles. The van der Waals surface area contributed by atoms with Crippen molar-refractivity contribution in [2.45, 2.75) is 37.9 Å². The fourth-order valence-electron chi connectivity index (χ4n) is 2.21. The van der Waals surface area contributed by atoms with Crippen LogP contribution in [0.25, 0.3) is 0 Å². The topological polar surface area (TPSA) is 41.6 Å². The van der Waals surface area contributed by atoms with Gasteiger partial charge in [0.1, 0.15) is 0 Å². The molecule has 0 spiro atoms. The van der Waals surface area contributed by atoms with Gasteiger partial charge < -0.3 is 10.1 Å². The van der Waals surface area contributed by atoms with Crippen molar-refractivity contribution >= 4 is 5.91 Å². The molecule has 1 N–H and O–H groups in total. The average Bonchev–Trinajstić information content (AvgIpc) is 3.28. The highest BCUT2D eigenvalue weighted by molar-refractivity contribution is 5.83. The summed E-state index contributed by atoms with van der Waals surface area (Å²) in [5, 5.41) is 2.97. The van der Waals surface area contributed by atoms with Crippen molar-refractivity contribution in [3.05, 3.63) is 35.9 Å². The zero-order valence-corrected chi connectivity index (χ0v) is 10.5. The molecule has 2 aliphatic rings. The molecule has 1 saturated heterocycles. The van der Waals surface area contributed by atoms with E-state index < -0.39 is 0 Å². The number of carbonyl (C=O) groups is 1. The molecule has 3 rings (SSSR count). The molecule has 96 valence electrons. The van der Waals surface area contributed by atoms with Crippen molar-refractivity contribution in [2.24, 2.45) is 5.92 Å². The molecule has 0 aromatic heterocycles. The van der Waals surface area contributed by atoms with E-state index in [1.165, 1.54) is 18.4 Å². The lowest BCUT2D eigenvalue weighted by atomic mass is 10.1. The number of aryl methyl sites for hydroxylation is 1. The molecular formula is C15H19NO2. The predicted octanol–water partition coefficient (Wildman–Crippen LogP) is 1.91. The van der Waals surface area contributed by atoms with Gasteiger partial charge in [0, 0.05) is 6.54 Å². The number of benzene rings is 1. The molecule has 1 aromatic rings. The second-order valence-corrected chi connectivity index (χ2v) is 5.31. The maximum absolute atomic E-state index is 11.7. The van der Waals surface area contributed by atoms with E-state index in [-0.39, 0.29) is 18.1 Å². The summed E-state index contributed by atoms with van der Waals surface area (Å²) in [6.07, 6.45) is 4.40. The summed E-state index contributed by atoms with van der Waals surface area (Å²) in [6, 6.07) is 10.3. The van der Waals surface area contributed by atoms with Gasteiger partial charge in [-0.05, 0) is 37.2 Å². The number of epoxide rings is 1. The SMILES string of the molecule is O=C(NCC1CC1)C1OC1CCc1ccccc1. The normalized spacial score (nSPS) is 25.8. The molecule has 1 heterocycles. The predicted molar refractivity (Wildman–Crippen MR) is 69.2 cm³/mol. The highest BCUT2D eigenvalue weighted by atomic mass is 16.6. The van der Waals surface area contributed by atoms with Gasteiger partial charge in [0.2, 0.25) is 0 Å². The van der Waals surface area contributed by atoms with Crippen LogP contribution in [0.2, 0.25) is 0 Å². The second-order valence-electron chi connectivity index (χ2n) is 5.31. The Morgan fingerprint density at radius 3 is 2.78 bits per heavy atom. The van der Waals surface area contributed by atoms with Crippen LogP contribution >= 0.6 is 0 Å². The van der Waals surface area contributed by atoms with Crippen molar-refractivity contribution in [1.82, 2.24) is 5.32 Å². The molecule has 1 aliphatic carbocycles. The van der Waals surface area contributed by atoms with Gasteiger partial charge in [-0.25, -0.2) is 0 Å². The minimum absolute atomic E-state index is 0.0833. The van der Waals surface area contributed by atoms with Gasteiger partial charge in [0.15, 0.2) is 6.10 Å². The lowest BCUT2D eigenvalue weighted by Gasteiger charge is -2.01. The average molecular weight is 245 g/mol. The number of hydrogen-bond acceptors (Lipinski definition) is 2. The minimum atomic E-state index is -0.188. The van der Waals surface area contributed by atoms with E-state index >= 15 is 0 Å². The first kappa shape index (κ1) is 11.7. The number of ether oxygens (including phenoxy) is 1. The monoisotopic (exact) mass is 245 g/mol. The first-order chi connectivity index (χ1) is 8.83. The van der Waals surface area contributed by atoms with Crippen molar-refractivity contribution in [3.8, 4) is 0 Å². The van der Waals surface area contributed by atoms with E-state index in [1.54, 1.807) is 0 Å². The van der Waals surface area contributed by atoms with Crippen LogP contribution in [0, 0.1) is 5.92 Å². The summed E-state index contributed by atoms with van der Waals surface area (Å²) >= 11 is 0. The van der Waals surface area contributed by atoms with E-state index in [9.17, 15) is 4.79 Å². The van der Waals surface area contributed by atoms with Gasteiger partial charge in [0.05, 0.1) is 6.10 Å². The minimum Gasteiger partial charge on any atom is -0.359 e. The number of rotatable bonds is 6. The molecule has 3 heteroatoms. The van der Waals surface area contributed by atoms with Gasteiger partial charge in [0.25, 0.3) is 5.91 Å². The fraction of sp³-hybridized carbons (Fsp3) is 0.533. The first-order valence-electron chi connectivity index (χ1n) is 6.80. The van der Waals surface area contributed by atoms with Crippen LogP contribution in [0.15, 0.2) is 30.3 Å². The molecule has 0 radical (unpaired) electrons. The Labute approximate surface area is 108 Å². The van der Waals surface area contributed by atoms with Gasteiger partial charge in [-0.15, -0.1) is 0 Å². The molecular weight excluding hydrogens is 226 g/mol. The van der Waals surface area contributed by atoms with Crippen LogP contribution in [0.5, 0.6) is 0 Å². The molecule has 18 heavy (non-hydrogen) atoms. The fourth-order valence-corrected chi connectivity index (χ4v) is 2.21. The summed E-state index contributed by atoms with van der Waals surface area (Å²) in [5.74, 6) is 0.815. The van der Waals surface area contributed by atoms with E-state index in [0.717, 1.165) is 25.3 Å². The zero-order chi connectivity index (χ0) is 12.4. The van der Waals surface area contributed by atoms with Crippen molar-refractivity contribution < 1.29 is 9.53 Å². The Balaban J connectivity index is 1.37. The lowest BCUT2D eigenvalue weighted by molar-refractivity contribution is -0.122. The van der Waals surface area contributed by atoms with Crippen LogP contribution in [0.3, 0.4) is 0 Å². The molecule has 3 nitrogen and oxygen atoms in total. The summed E-state index contributed by atoms with van der Waals surface area (Å²) < 4.78 is 5.44. The third kappa shape index (κ3) is 3.10. The summed E-state index contributed by atoms with van der Waals surface area (Å²) in [4.78, 5) is 11.7. The van der Waals surface area contributed by atoms with E-state index in [2.05, 4.69) is 17.4 Å². The smallest absolute Gasteiger partial charge is 0.251 e. The quantitative estimate of drug-likeness (QED) is 0.778. The van der Waals surface area contributed by atoms with Crippen molar-refractivity contribution in [3.63, 3.8) is 0 Å². The highest BCUT2D eigenvalue weighted by Crippen LogP contribution is 2.29. The van der Waals surface area contributed by atoms with Crippen LogP contribution in [0.4, 0.5) is 0 Å². The van der Waals surface area contributed by atoms with E-state index in [1.807, 2.05) is 18.2 Å². The third-order valence-electron chi connectivity index (χ3n) is 3.66. The van der Waals surface area contributed by atoms with Crippen LogP contribution in [0.1, 0.15) is 24.8 Å². The maximum atomic E-state index is 11.7. The Bertz CT molecular complexity index is 414. The number of hydrogen-bond donors (Lipinski definition) is 1. The molecule has 1 saturated carbocycles. The lowest BCUT2D eigenvalue weighted by Crippen LogP contribution is -2.30. The van der Waals surface area contributed by atoms with Gasteiger partial charge >= 0.3 is 0 Å². The first-order valence-corrected chi connectivity index (χ1v) is 6.80. The Morgan fingerprint density at radius 2 is 2.06 bits per heavy atom. The van der Waals surface area contributed by atoms with E-state index in [0.29, 0.717) is 0 Å². The second kappa shape index (κ2) is 5.11. The summed E-state index contributed by atoms with van der Waals surface area (Å²) in [6.45, 7) is 0.837. The number of nitrogens with one attached hydrogen (secondary N) is 1. The largest absolute Gasteiger partial charge is 0.359 e. The van der Waals surface area contributed by atoms with Crippen molar-refractivity contribution in [2.75, 3.05) is 6.54 Å². The van der Waals surface area contributed by atoms with Crippen molar-refractivity contribution in [1.29, 1.82) is 0 Å². The summed E-state index contributed by atoms with van der Waals surface area (Å²) in [5.41, 5.74) is 1.31. The Morgan fingerprint density at radius 1 is 1.28 bits per heavy atom. The van der Waals surface area contributed by atoms with E-state index in [4.69, 9.17) is 4.74 Å². The zero-order valence-electron chi connectivity index (χ0n) is 10.5. The van der Waals surface area contributed by atoms with Gasteiger partial charge in [-0.3, -0.25) is 4.79 Å². The van der Waals surface area contributed by atoms with Gasteiger partial charge in [-0.2, -0.15) is 0 Å². The maximum Gasteiger partial charge on any atom is 0.251 e. The standard InChI is InChI=1S/C15H19NO2/c17-15(16-10-12-6-7-12)14-13(18-14)9-8-11-4-2-1-3-5-11/h1-5,12-14H,6-10H2,(H,16,17). The molecule has 1 aliphatic heterocycles.